The van der Waals surface area contributed by atoms with E-state index in [0.717, 1.165) is 38.2 Å². The van der Waals surface area contributed by atoms with E-state index in [4.69, 9.17) is 4.98 Å². The number of hydrogen-bond donors (Lipinski definition) is 0. The summed E-state index contributed by atoms with van der Waals surface area (Å²) >= 11 is 1.82. The highest BCUT2D eigenvalue weighted by Gasteiger charge is 2.18. The van der Waals surface area contributed by atoms with Crippen molar-refractivity contribution in [1.29, 1.82) is 0 Å². The summed E-state index contributed by atoms with van der Waals surface area (Å²) < 4.78 is 1.28. The number of rotatable bonds is 3. The van der Waals surface area contributed by atoms with Crippen LogP contribution in [0.5, 0.6) is 0 Å². The molecule has 1 aliphatic rings. The van der Waals surface area contributed by atoms with E-state index in [1.54, 1.807) is 0 Å². The molecule has 142 valence electrons. The quantitative estimate of drug-likeness (QED) is 0.615. The number of nitrogens with zero attached hydrogens (tertiary/aromatic N) is 3. The summed E-state index contributed by atoms with van der Waals surface area (Å²) in [5, 5.41) is 1.17. The molecular formula is C23H29N3S. The van der Waals surface area contributed by atoms with Crippen molar-refractivity contribution in [3.63, 3.8) is 0 Å². The second-order valence-electron chi connectivity index (χ2n) is 8.53. The van der Waals surface area contributed by atoms with E-state index >= 15 is 0 Å². The Morgan fingerprint density at radius 3 is 2.44 bits per heavy atom. The Bertz CT molecular complexity index is 859. The van der Waals surface area contributed by atoms with Gasteiger partial charge in [0.2, 0.25) is 0 Å². The van der Waals surface area contributed by atoms with E-state index in [1.165, 1.54) is 27.4 Å². The zero-order chi connectivity index (χ0) is 18.9. The maximum atomic E-state index is 4.85. The fourth-order valence-corrected chi connectivity index (χ4v) is 4.70. The molecule has 4 heteroatoms. The monoisotopic (exact) mass is 379 g/mol. The Balaban J connectivity index is 1.39. The Morgan fingerprint density at radius 2 is 1.70 bits per heavy atom. The van der Waals surface area contributed by atoms with Crippen LogP contribution in [0, 0.1) is 0 Å². The van der Waals surface area contributed by atoms with Crippen LogP contribution < -0.4 is 4.90 Å². The first kappa shape index (κ1) is 18.5. The molecule has 2 aromatic carbocycles. The Kier molecular flexibility index (Phi) is 5.20. The highest BCUT2D eigenvalue weighted by molar-refractivity contribution is 7.22. The molecule has 0 unspecified atom stereocenters. The largest absolute Gasteiger partial charge is 0.347 e. The number of thiazole rings is 1. The minimum absolute atomic E-state index is 0.221. The van der Waals surface area contributed by atoms with E-state index in [0.29, 0.717) is 0 Å². The highest BCUT2D eigenvalue weighted by atomic mass is 32.1. The average molecular weight is 380 g/mol. The molecule has 1 aromatic heterocycles. The smallest absolute Gasteiger partial charge is 0.186 e. The van der Waals surface area contributed by atoms with Crippen LogP contribution in [0.2, 0.25) is 0 Å². The van der Waals surface area contributed by atoms with Gasteiger partial charge in [-0.3, -0.25) is 4.90 Å². The molecule has 0 bridgehead atoms. The first-order valence-electron chi connectivity index (χ1n) is 9.91. The van der Waals surface area contributed by atoms with E-state index in [1.807, 2.05) is 11.3 Å². The van der Waals surface area contributed by atoms with Crippen molar-refractivity contribution in [3.8, 4) is 0 Å². The van der Waals surface area contributed by atoms with Gasteiger partial charge in [0.25, 0.3) is 0 Å². The normalized spacial score (nSPS) is 16.6. The third-order valence-electron chi connectivity index (χ3n) is 5.37. The van der Waals surface area contributed by atoms with Crippen molar-refractivity contribution in [2.24, 2.45) is 0 Å². The molecule has 2 heterocycles. The Morgan fingerprint density at radius 1 is 0.926 bits per heavy atom. The van der Waals surface area contributed by atoms with Gasteiger partial charge in [-0.15, -0.1) is 0 Å². The molecule has 4 rings (SSSR count). The lowest BCUT2D eigenvalue weighted by Gasteiger charge is -2.22. The van der Waals surface area contributed by atoms with E-state index in [-0.39, 0.29) is 5.41 Å². The lowest BCUT2D eigenvalue weighted by Crippen LogP contribution is -2.30. The van der Waals surface area contributed by atoms with Crippen LogP contribution in [-0.2, 0) is 12.0 Å². The van der Waals surface area contributed by atoms with Crippen molar-refractivity contribution >= 4 is 26.7 Å². The molecule has 0 atom stereocenters. The second kappa shape index (κ2) is 7.61. The van der Waals surface area contributed by atoms with Crippen LogP contribution in [-0.4, -0.2) is 36.1 Å². The van der Waals surface area contributed by atoms with Crippen LogP contribution in [0.1, 0.15) is 38.3 Å². The maximum absolute atomic E-state index is 4.85. The number of para-hydroxylation sites is 1. The standard InChI is InChI=1S/C23H29N3S/c1-23(2,3)19-11-9-18(10-12-19)17-25-13-6-14-26(16-15-25)22-24-20-7-4-5-8-21(20)27-22/h4-5,7-12H,6,13-17H2,1-3H3. The van der Waals surface area contributed by atoms with Crippen LogP contribution >= 0.6 is 11.3 Å². The van der Waals surface area contributed by atoms with Gasteiger partial charge < -0.3 is 4.90 Å². The van der Waals surface area contributed by atoms with Crippen LogP contribution in [0.25, 0.3) is 10.2 Å². The van der Waals surface area contributed by atoms with Gasteiger partial charge in [-0.2, -0.15) is 0 Å². The predicted octanol–water partition coefficient (Wildman–Crippen LogP) is 5.31. The third kappa shape index (κ3) is 4.33. The van der Waals surface area contributed by atoms with E-state index in [2.05, 4.69) is 79.1 Å². The number of fused-ring (bicyclic) bond motifs is 1. The Hall–Kier alpha value is -1.91. The van der Waals surface area contributed by atoms with E-state index in [9.17, 15) is 0 Å². The third-order valence-corrected chi connectivity index (χ3v) is 6.46. The maximum Gasteiger partial charge on any atom is 0.186 e. The minimum Gasteiger partial charge on any atom is -0.347 e. The van der Waals surface area contributed by atoms with Crippen molar-refractivity contribution in [3.05, 3.63) is 59.7 Å². The molecule has 0 spiro atoms. The van der Waals surface area contributed by atoms with Gasteiger partial charge >= 0.3 is 0 Å². The average Bonchev–Trinajstić information content (AvgIpc) is 2.94. The molecule has 1 fully saturated rings. The minimum atomic E-state index is 0.221. The fraction of sp³-hybridized carbons (Fsp3) is 0.435. The zero-order valence-corrected chi connectivity index (χ0v) is 17.4. The molecule has 1 aliphatic heterocycles. The number of benzene rings is 2. The molecule has 27 heavy (non-hydrogen) atoms. The summed E-state index contributed by atoms with van der Waals surface area (Å²) in [7, 11) is 0. The van der Waals surface area contributed by atoms with Gasteiger partial charge in [0.1, 0.15) is 0 Å². The summed E-state index contributed by atoms with van der Waals surface area (Å²) in [5.74, 6) is 0. The number of anilines is 1. The molecule has 0 aliphatic carbocycles. The molecule has 1 saturated heterocycles. The highest BCUT2D eigenvalue weighted by Crippen LogP contribution is 2.29. The summed E-state index contributed by atoms with van der Waals surface area (Å²) in [6.07, 6.45) is 1.19. The summed E-state index contributed by atoms with van der Waals surface area (Å²) in [4.78, 5) is 9.89. The van der Waals surface area contributed by atoms with E-state index < -0.39 is 0 Å². The molecule has 0 saturated carbocycles. The zero-order valence-electron chi connectivity index (χ0n) is 16.6. The molecule has 0 radical (unpaired) electrons. The number of aromatic nitrogens is 1. The van der Waals surface area contributed by atoms with Gasteiger partial charge in [0.15, 0.2) is 5.13 Å². The summed E-state index contributed by atoms with van der Waals surface area (Å²) in [5.41, 5.74) is 4.16. The van der Waals surface area contributed by atoms with Crippen LogP contribution in [0.4, 0.5) is 5.13 Å². The first-order chi connectivity index (χ1) is 13.0. The molecular weight excluding hydrogens is 350 g/mol. The van der Waals surface area contributed by atoms with Crippen LogP contribution in [0.3, 0.4) is 0 Å². The number of hydrogen-bond acceptors (Lipinski definition) is 4. The van der Waals surface area contributed by atoms with Gasteiger partial charge in [-0.25, -0.2) is 4.98 Å². The first-order valence-corrected chi connectivity index (χ1v) is 10.7. The summed E-state index contributed by atoms with van der Waals surface area (Å²) in [6, 6.07) is 17.6. The molecule has 0 N–H and O–H groups in total. The Labute approximate surface area is 166 Å². The van der Waals surface area contributed by atoms with Crippen molar-refractivity contribution in [2.75, 3.05) is 31.1 Å². The van der Waals surface area contributed by atoms with Crippen LogP contribution in [0.15, 0.2) is 48.5 Å². The van der Waals surface area contributed by atoms with Gasteiger partial charge in [0.05, 0.1) is 10.2 Å². The van der Waals surface area contributed by atoms with Crippen molar-refractivity contribution in [2.45, 2.75) is 39.2 Å². The molecule has 3 aromatic rings. The van der Waals surface area contributed by atoms with Gasteiger partial charge in [-0.05, 0) is 35.1 Å². The van der Waals surface area contributed by atoms with Crippen molar-refractivity contribution < 1.29 is 0 Å². The second-order valence-corrected chi connectivity index (χ2v) is 9.54. The van der Waals surface area contributed by atoms with Gasteiger partial charge in [0, 0.05) is 32.7 Å². The lowest BCUT2D eigenvalue weighted by atomic mass is 9.87. The molecule has 0 amide bonds. The SMILES string of the molecule is CC(C)(C)c1ccc(CN2CCCN(c3nc4ccccc4s3)CC2)cc1. The predicted molar refractivity (Wildman–Crippen MR) is 117 cm³/mol. The topological polar surface area (TPSA) is 19.4 Å². The molecule has 3 nitrogen and oxygen atoms in total. The summed E-state index contributed by atoms with van der Waals surface area (Å²) in [6.45, 7) is 12.3. The fourth-order valence-electron chi connectivity index (χ4n) is 3.68. The lowest BCUT2D eigenvalue weighted by molar-refractivity contribution is 0.285. The van der Waals surface area contributed by atoms with Crippen molar-refractivity contribution in [1.82, 2.24) is 9.88 Å². The van der Waals surface area contributed by atoms with Gasteiger partial charge in [-0.1, -0.05) is 68.5 Å².